The van der Waals surface area contributed by atoms with Crippen LogP contribution in [0.15, 0.2) is 17.3 Å². The molecule has 19 heavy (non-hydrogen) atoms. The number of hydrogen-bond acceptors (Lipinski definition) is 4. The Morgan fingerprint density at radius 1 is 1.58 bits per heavy atom. The number of aliphatic carboxylic acids is 1. The van der Waals surface area contributed by atoms with Crippen LogP contribution in [0, 0.1) is 5.92 Å². The first kappa shape index (κ1) is 14.0. The maximum Gasteiger partial charge on any atom is 0.307 e. The predicted octanol–water partition coefficient (Wildman–Crippen LogP) is 0.388. The summed E-state index contributed by atoms with van der Waals surface area (Å²) in [6, 6.07) is 0. The van der Waals surface area contributed by atoms with Crippen molar-refractivity contribution in [3.05, 3.63) is 12.4 Å². The van der Waals surface area contributed by atoms with E-state index in [1.54, 1.807) is 0 Å². The zero-order chi connectivity index (χ0) is 14.0. The Morgan fingerprint density at radius 3 is 2.89 bits per heavy atom. The highest BCUT2D eigenvalue weighted by Crippen LogP contribution is 2.23. The molecule has 0 spiro atoms. The lowest BCUT2D eigenvalue weighted by Gasteiger charge is -2.29. The van der Waals surface area contributed by atoms with Crippen molar-refractivity contribution in [2.75, 3.05) is 13.1 Å². The topological polar surface area (TPSA) is 92.5 Å². The molecule has 1 saturated heterocycles. The van der Waals surface area contributed by atoms with Gasteiger partial charge in [0.05, 0.1) is 12.1 Å². The van der Waals surface area contributed by atoms with Crippen LogP contribution in [0.2, 0.25) is 0 Å². The van der Waals surface area contributed by atoms with Gasteiger partial charge in [0.15, 0.2) is 0 Å². The van der Waals surface area contributed by atoms with Gasteiger partial charge in [-0.15, -0.1) is 0 Å². The van der Waals surface area contributed by atoms with E-state index in [0.717, 1.165) is 0 Å². The molecule has 0 aliphatic carbocycles. The summed E-state index contributed by atoms with van der Waals surface area (Å²) in [7, 11) is -3.63. The molecular formula is C11H17N3O4S. The first-order valence-corrected chi connectivity index (χ1v) is 7.64. The van der Waals surface area contributed by atoms with Gasteiger partial charge < -0.3 is 5.11 Å². The molecule has 0 saturated carbocycles. The Labute approximate surface area is 111 Å². The third-order valence-corrected chi connectivity index (χ3v) is 5.12. The van der Waals surface area contributed by atoms with Crippen LogP contribution in [0.3, 0.4) is 0 Å². The van der Waals surface area contributed by atoms with Crippen LogP contribution in [0.4, 0.5) is 0 Å². The minimum Gasteiger partial charge on any atom is -0.481 e. The van der Waals surface area contributed by atoms with Gasteiger partial charge in [0.2, 0.25) is 10.0 Å². The maximum atomic E-state index is 12.4. The van der Waals surface area contributed by atoms with Crippen LogP contribution in [-0.4, -0.2) is 46.7 Å². The van der Waals surface area contributed by atoms with Gasteiger partial charge in [-0.25, -0.2) is 8.42 Å². The minimum atomic E-state index is -3.63. The predicted molar refractivity (Wildman–Crippen MR) is 67.0 cm³/mol. The number of carbonyl (C=O) groups is 1. The Hall–Kier alpha value is -1.41. The fourth-order valence-corrected chi connectivity index (χ4v) is 3.64. The summed E-state index contributed by atoms with van der Waals surface area (Å²) in [5.41, 5.74) is 0. The number of rotatable bonds is 4. The molecule has 1 aliphatic rings. The SMILES string of the molecule is CCn1cc(S(=O)(=O)N2CCC[C@H](C(=O)O)C2)cn1. The minimum absolute atomic E-state index is 0.0367. The van der Waals surface area contributed by atoms with E-state index in [1.807, 2.05) is 6.92 Å². The van der Waals surface area contributed by atoms with E-state index >= 15 is 0 Å². The van der Waals surface area contributed by atoms with Crippen LogP contribution < -0.4 is 0 Å². The van der Waals surface area contributed by atoms with Crippen LogP contribution in [-0.2, 0) is 21.4 Å². The molecule has 2 rings (SSSR count). The second kappa shape index (κ2) is 5.30. The molecule has 7 nitrogen and oxygen atoms in total. The molecule has 1 fully saturated rings. The number of hydrogen-bond donors (Lipinski definition) is 1. The summed E-state index contributed by atoms with van der Waals surface area (Å²) in [4.78, 5) is 11.1. The fourth-order valence-electron chi connectivity index (χ4n) is 2.16. The van der Waals surface area contributed by atoms with Crippen LogP contribution in [0.1, 0.15) is 19.8 Å². The van der Waals surface area contributed by atoms with Crippen molar-refractivity contribution in [3.63, 3.8) is 0 Å². The van der Waals surface area contributed by atoms with E-state index in [0.29, 0.717) is 25.9 Å². The normalized spacial score (nSPS) is 21.4. The zero-order valence-corrected chi connectivity index (χ0v) is 11.5. The molecule has 0 bridgehead atoms. The molecule has 1 aromatic rings. The number of aromatic nitrogens is 2. The number of carboxylic acids is 1. The van der Waals surface area contributed by atoms with Crippen LogP contribution >= 0.6 is 0 Å². The Morgan fingerprint density at radius 2 is 2.32 bits per heavy atom. The Bertz CT molecular complexity index is 566. The first-order valence-electron chi connectivity index (χ1n) is 6.20. The Balaban J connectivity index is 2.21. The van der Waals surface area contributed by atoms with Crippen molar-refractivity contribution < 1.29 is 18.3 Å². The van der Waals surface area contributed by atoms with E-state index in [1.165, 1.54) is 21.4 Å². The monoisotopic (exact) mass is 287 g/mol. The van der Waals surface area contributed by atoms with E-state index < -0.39 is 21.9 Å². The Kier molecular flexibility index (Phi) is 3.91. The molecule has 0 amide bonds. The molecule has 0 radical (unpaired) electrons. The summed E-state index contributed by atoms with van der Waals surface area (Å²) < 4.78 is 27.5. The summed E-state index contributed by atoms with van der Waals surface area (Å²) in [6.07, 6.45) is 3.87. The molecule has 0 unspecified atom stereocenters. The second-order valence-corrected chi connectivity index (χ2v) is 6.51. The zero-order valence-electron chi connectivity index (χ0n) is 10.7. The van der Waals surface area contributed by atoms with Gasteiger partial charge in [-0.1, -0.05) is 0 Å². The summed E-state index contributed by atoms with van der Waals surface area (Å²) in [5, 5.41) is 12.9. The molecular weight excluding hydrogens is 270 g/mol. The fraction of sp³-hybridized carbons (Fsp3) is 0.636. The van der Waals surface area contributed by atoms with E-state index in [2.05, 4.69) is 5.10 Å². The second-order valence-electron chi connectivity index (χ2n) is 4.57. The van der Waals surface area contributed by atoms with Gasteiger partial charge >= 0.3 is 5.97 Å². The van der Waals surface area contributed by atoms with Crippen molar-refractivity contribution in [1.29, 1.82) is 0 Å². The number of piperidine rings is 1. The molecule has 1 aliphatic heterocycles. The molecule has 106 valence electrons. The lowest BCUT2D eigenvalue weighted by atomic mass is 10.0. The van der Waals surface area contributed by atoms with Gasteiger partial charge in [0.25, 0.3) is 0 Å². The molecule has 0 aromatic carbocycles. The molecule has 8 heteroatoms. The van der Waals surface area contributed by atoms with Gasteiger partial charge in [-0.05, 0) is 19.8 Å². The average Bonchev–Trinajstić information content (AvgIpc) is 2.88. The van der Waals surface area contributed by atoms with Crippen LogP contribution in [0.5, 0.6) is 0 Å². The quantitative estimate of drug-likeness (QED) is 0.864. The summed E-state index contributed by atoms with van der Waals surface area (Å²) in [6.45, 7) is 2.86. The highest BCUT2D eigenvalue weighted by molar-refractivity contribution is 7.89. The van der Waals surface area contributed by atoms with Crippen molar-refractivity contribution in [1.82, 2.24) is 14.1 Å². The first-order chi connectivity index (χ1) is 8.95. The highest BCUT2D eigenvalue weighted by atomic mass is 32.2. The lowest BCUT2D eigenvalue weighted by molar-refractivity contribution is -0.142. The largest absolute Gasteiger partial charge is 0.481 e. The lowest BCUT2D eigenvalue weighted by Crippen LogP contribution is -2.42. The van der Waals surface area contributed by atoms with Gasteiger partial charge in [0, 0.05) is 25.8 Å². The van der Waals surface area contributed by atoms with Crippen molar-refractivity contribution in [3.8, 4) is 0 Å². The van der Waals surface area contributed by atoms with Gasteiger partial charge in [-0.3, -0.25) is 9.48 Å². The van der Waals surface area contributed by atoms with Crippen molar-refractivity contribution >= 4 is 16.0 Å². The summed E-state index contributed by atoms with van der Waals surface area (Å²) >= 11 is 0. The maximum absolute atomic E-state index is 12.4. The molecule has 2 heterocycles. The van der Waals surface area contributed by atoms with E-state index in [-0.39, 0.29) is 11.4 Å². The standard InChI is InChI=1S/C11H17N3O4S/c1-2-13-8-10(6-12-13)19(17,18)14-5-3-4-9(7-14)11(15)16/h6,8-9H,2-5,7H2,1H3,(H,15,16)/t9-/m0/s1. The third-order valence-electron chi connectivity index (χ3n) is 3.30. The number of carboxylic acid groups (broad SMARTS) is 1. The van der Waals surface area contributed by atoms with Crippen LogP contribution in [0.25, 0.3) is 0 Å². The van der Waals surface area contributed by atoms with Gasteiger partial charge in [0.1, 0.15) is 4.90 Å². The third kappa shape index (κ3) is 2.79. The number of nitrogens with zero attached hydrogens (tertiary/aromatic N) is 3. The molecule has 1 atom stereocenters. The van der Waals surface area contributed by atoms with Crippen molar-refractivity contribution in [2.45, 2.75) is 31.2 Å². The summed E-state index contributed by atoms with van der Waals surface area (Å²) in [5.74, 6) is -1.56. The van der Waals surface area contributed by atoms with E-state index in [4.69, 9.17) is 5.11 Å². The number of aryl methyl sites for hydroxylation is 1. The van der Waals surface area contributed by atoms with Crippen molar-refractivity contribution in [2.24, 2.45) is 5.92 Å². The number of sulfonamides is 1. The van der Waals surface area contributed by atoms with E-state index in [9.17, 15) is 13.2 Å². The molecule has 1 aromatic heterocycles. The average molecular weight is 287 g/mol. The van der Waals surface area contributed by atoms with Gasteiger partial charge in [-0.2, -0.15) is 9.40 Å². The molecule has 1 N–H and O–H groups in total. The smallest absolute Gasteiger partial charge is 0.307 e. The highest BCUT2D eigenvalue weighted by Gasteiger charge is 2.33.